The topological polar surface area (TPSA) is 0 Å². The summed E-state index contributed by atoms with van der Waals surface area (Å²) < 4.78 is 0. The molecule has 3 heteroatoms. The van der Waals surface area contributed by atoms with E-state index in [-0.39, 0.29) is 36.9 Å². The van der Waals surface area contributed by atoms with Crippen molar-refractivity contribution in [1.82, 2.24) is 0 Å². The zero-order valence-corrected chi connectivity index (χ0v) is 34.5. The Morgan fingerprint density at radius 1 is 0.436 bits per heavy atom. The quantitative estimate of drug-likeness (QED) is 0.109. The first-order chi connectivity index (χ1) is 16.6. The fraction of sp³-hybridized carbons (Fsp3) is 0.833. The second-order valence-corrected chi connectivity index (χ2v) is 25.7. The van der Waals surface area contributed by atoms with Gasteiger partial charge < -0.3 is 13.8 Å². The monoisotopic (exact) mass is 766 g/mol. The van der Waals surface area contributed by atoms with Crippen LogP contribution >= 0.6 is 15.8 Å². The molecule has 0 aromatic rings. The Balaban J connectivity index is -0.000000139. The maximum absolute atomic E-state index is 3.68. The van der Waals surface area contributed by atoms with Crippen molar-refractivity contribution < 1.29 is 21.1 Å². The summed E-state index contributed by atoms with van der Waals surface area (Å²) in [5.74, 6) is 0. The molecule has 0 spiro atoms. The van der Waals surface area contributed by atoms with Gasteiger partial charge in [0.05, 0.1) is 0 Å². The van der Waals surface area contributed by atoms with Crippen LogP contribution in [0.2, 0.25) is 0 Å². The number of allylic oxidation sites excluding steroid dienone is 2. The Morgan fingerprint density at radius 2 is 0.590 bits per heavy atom. The van der Waals surface area contributed by atoms with Gasteiger partial charge in [-0.2, -0.15) is 12.8 Å². The minimum absolute atomic E-state index is 0. The summed E-state index contributed by atoms with van der Waals surface area (Å²) in [5.41, 5.74) is 0. The van der Waals surface area contributed by atoms with E-state index in [9.17, 15) is 0 Å². The second kappa shape index (κ2) is 21.7. The first-order valence-corrected chi connectivity index (χ1v) is 17.7. The Hall–Kier alpha value is 1.03. The maximum atomic E-state index is 3.68. The molecule has 0 aromatic carbocycles. The van der Waals surface area contributed by atoms with E-state index in [0.29, 0.717) is 30.9 Å². The minimum atomic E-state index is 0. The van der Waals surface area contributed by atoms with E-state index in [1.54, 1.807) is 0 Å². The van der Waals surface area contributed by atoms with Gasteiger partial charge in [-0.3, -0.25) is 0 Å². The summed E-state index contributed by atoms with van der Waals surface area (Å²) in [6, 6.07) is 0. The van der Waals surface area contributed by atoms with Gasteiger partial charge in [0.2, 0.25) is 0 Å². The molecule has 0 aromatic heterocycles. The zero-order valence-electron chi connectivity index (χ0n) is 30.4. The van der Waals surface area contributed by atoms with Crippen LogP contribution in [0.3, 0.4) is 0 Å². The normalized spacial score (nSPS) is 12.7. The molecule has 0 bridgehead atoms. The molecule has 0 aliphatic heterocycles. The Kier molecular flexibility index (Phi) is 27.6. The number of rotatable bonds is 6. The van der Waals surface area contributed by atoms with E-state index >= 15 is 0 Å². The van der Waals surface area contributed by atoms with Crippen LogP contribution in [-0.2, 0) is 21.1 Å². The molecule has 0 rings (SSSR count). The molecular weight excluding hydrogens is 689 g/mol. The Bertz CT molecular complexity index is 458. The van der Waals surface area contributed by atoms with Crippen LogP contribution < -0.4 is 0 Å². The largest absolute Gasteiger partial charge is 2.00 e. The summed E-state index contributed by atoms with van der Waals surface area (Å²) >= 11 is 0. The average molecular weight is 766 g/mol. The van der Waals surface area contributed by atoms with Crippen molar-refractivity contribution in [2.75, 3.05) is 0 Å². The summed E-state index contributed by atoms with van der Waals surface area (Å²) in [4.78, 5) is 0. The van der Waals surface area contributed by atoms with Gasteiger partial charge in [0, 0.05) is 0 Å². The van der Waals surface area contributed by atoms with Crippen molar-refractivity contribution in [2.45, 2.75) is 194 Å². The number of hydrogen-bond acceptors (Lipinski definition) is 0. The third-order valence-corrected chi connectivity index (χ3v) is 13.4. The van der Waals surface area contributed by atoms with Gasteiger partial charge in [-0.05, 0) is 43.8 Å². The first kappa shape index (κ1) is 49.7. The van der Waals surface area contributed by atoms with E-state index in [0.717, 1.165) is 25.7 Å². The molecule has 0 nitrogen and oxygen atoms in total. The zero-order chi connectivity index (χ0) is 31.8. The van der Waals surface area contributed by atoms with Crippen LogP contribution in [0.15, 0.2) is 25.3 Å². The molecule has 0 fully saturated rings. The molecule has 0 saturated heterocycles. The van der Waals surface area contributed by atoms with Crippen LogP contribution in [0, 0.1) is 13.8 Å². The molecule has 39 heavy (non-hydrogen) atoms. The SMILES string of the molecule is C=CCCC[CH2-].C=CCCC[CH2-].CC(C)(C)P(C(C)(C)C)C(C)(C)C.CC(C)(C)P(C(C)(C)C)C(C)(C)C.[Pt+2]. The van der Waals surface area contributed by atoms with Gasteiger partial charge in [0.1, 0.15) is 0 Å². The van der Waals surface area contributed by atoms with Crippen LogP contribution in [-0.4, -0.2) is 30.9 Å². The standard InChI is InChI=1S/2C12H27P.2C6H11.Pt/c2*1-10(2,3)13(11(4,5)6)12(7,8)9;2*1-3-5-6-4-2;/h2*1-9H3;2*3H,1-2,4-6H2;/q;;2*-1;+2. The van der Waals surface area contributed by atoms with Crippen LogP contribution in [0.25, 0.3) is 0 Å². The summed E-state index contributed by atoms with van der Waals surface area (Å²) in [6.45, 7) is 57.4. The van der Waals surface area contributed by atoms with Gasteiger partial charge in [0.25, 0.3) is 0 Å². The second-order valence-electron chi connectivity index (χ2n) is 16.3. The van der Waals surface area contributed by atoms with Crippen LogP contribution in [0.4, 0.5) is 0 Å². The molecule has 0 amide bonds. The molecular formula is C36H76P2Pt. The third kappa shape index (κ3) is 28.9. The predicted molar refractivity (Wildman–Crippen MR) is 191 cm³/mol. The Morgan fingerprint density at radius 3 is 0.615 bits per heavy atom. The van der Waals surface area contributed by atoms with Gasteiger partial charge in [-0.15, -0.1) is 13.2 Å². The van der Waals surface area contributed by atoms with Crippen molar-refractivity contribution in [3.63, 3.8) is 0 Å². The smallest absolute Gasteiger partial charge is 0.343 e. The van der Waals surface area contributed by atoms with Crippen LogP contribution in [0.5, 0.6) is 0 Å². The molecule has 0 atom stereocenters. The van der Waals surface area contributed by atoms with Crippen molar-refractivity contribution >= 4 is 15.8 Å². The number of hydrogen-bond donors (Lipinski definition) is 0. The number of unbranched alkanes of at least 4 members (excludes halogenated alkanes) is 4. The van der Waals surface area contributed by atoms with Gasteiger partial charge in [-0.1, -0.05) is 165 Å². The van der Waals surface area contributed by atoms with Gasteiger partial charge in [0.15, 0.2) is 0 Å². The van der Waals surface area contributed by atoms with Crippen molar-refractivity contribution in [3.8, 4) is 0 Å². The molecule has 0 heterocycles. The van der Waals surface area contributed by atoms with E-state index in [4.69, 9.17) is 0 Å². The molecule has 0 unspecified atom stereocenters. The molecule has 0 radical (unpaired) electrons. The molecule has 0 saturated carbocycles. The van der Waals surface area contributed by atoms with Crippen molar-refractivity contribution in [1.29, 1.82) is 0 Å². The Labute approximate surface area is 269 Å². The fourth-order valence-electron chi connectivity index (χ4n) is 6.61. The third-order valence-electron chi connectivity index (χ3n) is 5.34. The van der Waals surface area contributed by atoms with E-state index in [2.05, 4.69) is 152 Å². The molecule has 0 aliphatic carbocycles. The molecule has 0 aliphatic rings. The first-order valence-electron chi connectivity index (χ1n) is 15.0. The van der Waals surface area contributed by atoms with Gasteiger partial charge in [-0.25, -0.2) is 0 Å². The summed E-state index contributed by atoms with van der Waals surface area (Å²) in [5, 5.41) is 2.70. The predicted octanol–water partition coefficient (Wildman–Crippen LogP) is 14.1. The summed E-state index contributed by atoms with van der Waals surface area (Å²) in [6.07, 6.45) is 10.5. The summed E-state index contributed by atoms with van der Waals surface area (Å²) in [7, 11) is 0.0324. The average Bonchev–Trinajstić information content (AvgIpc) is 2.58. The van der Waals surface area contributed by atoms with Crippen LogP contribution in [0.1, 0.15) is 163 Å². The minimum Gasteiger partial charge on any atom is -0.343 e. The van der Waals surface area contributed by atoms with Gasteiger partial charge >= 0.3 is 21.1 Å². The van der Waals surface area contributed by atoms with E-state index in [1.807, 2.05) is 12.2 Å². The van der Waals surface area contributed by atoms with E-state index in [1.165, 1.54) is 12.8 Å². The van der Waals surface area contributed by atoms with Crippen molar-refractivity contribution in [3.05, 3.63) is 39.2 Å². The fourth-order valence-corrected chi connectivity index (χ4v) is 18.7. The molecule has 0 N–H and O–H groups in total. The van der Waals surface area contributed by atoms with Crippen molar-refractivity contribution in [2.24, 2.45) is 0 Å². The molecule has 240 valence electrons. The van der Waals surface area contributed by atoms with E-state index < -0.39 is 0 Å². The maximum Gasteiger partial charge on any atom is 2.00 e.